The maximum atomic E-state index is 11.4. The van der Waals surface area contributed by atoms with Crippen LogP contribution in [0.1, 0.15) is 17.2 Å². The molecule has 22 heavy (non-hydrogen) atoms. The SMILES string of the molecule is O=C1O[C@H]2C=Cc3c(ccc4c3ccc3ccccc34)[C@H]2O1. The molecule has 1 aliphatic heterocycles. The zero-order valence-electron chi connectivity index (χ0n) is 11.7. The number of carbonyl (C=O) groups excluding carboxylic acids is 1. The Labute approximate surface area is 126 Å². The minimum atomic E-state index is -0.592. The molecule has 106 valence electrons. The third kappa shape index (κ3) is 1.48. The molecule has 2 aliphatic rings. The predicted octanol–water partition coefficient (Wildman–Crippen LogP) is 4.60. The topological polar surface area (TPSA) is 35.5 Å². The number of carbonyl (C=O) groups is 1. The first-order valence-electron chi connectivity index (χ1n) is 7.31. The van der Waals surface area contributed by atoms with Crippen molar-refractivity contribution < 1.29 is 14.3 Å². The monoisotopic (exact) mass is 288 g/mol. The summed E-state index contributed by atoms with van der Waals surface area (Å²) >= 11 is 0. The third-order valence-electron chi connectivity index (χ3n) is 4.51. The lowest BCUT2D eigenvalue weighted by atomic mass is 9.88. The molecule has 0 saturated carbocycles. The Balaban J connectivity index is 1.83. The molecule has 1 aliphatic carbocycles. The highest BCUT2D eigenvalue weighted by Gasteiger charge is 2.39. The first-order chi connectivity index (χ1) is 10.8. The second-order valence-corrected chi connectivity index (χ2v) is 5.68. The van der Waals surface area contributed by atoms with Crippen LogP contribution in [0.4, 0.5) is 4.79 Å². The van der Waals surface area contributed by atoms with E-state index in [0.29, 0.717) is 0 Å². The van der Waals surface area contributed by atoms with Gasteiger partial charge in [0.15, 0.2) is 12.2 Å². The number of hydrogen-bond donors (Lipinski definition) is 0. The smallest absolute Gasteiger partial charge is 0.422 e. The van der Waals surface area contributed by atoms with Gasteiger partial charge in [0.05, 0.1) is 0 Å². The Morgan fingerprint density at radius 1 is 0.818 bits per heavy atom. The summed E-state index contributed by atoms with van der Waals surface area (Å²) in [5.41, 5.74) is 2.13. The molecule has 3 aromatic rings. The highest BCUT2D eigenvalue weighted by atomic mass is 16.8. The van der Waals surface area contributed by atoms with E-state index >= 15 is 0 Å². The van der Waals surface area contributed by atoms with Crippen LogP contribution in [0.3, 0.4) is 0 Å². The largest absolute Gasteiger partial charge is 0.509 e. The third-order valence-corrected chi connectivity index (χ3v) is 4.51. The first kappa shape index (κ1) is 11.8. The molecule has 1 heterocycles. The Hall–Kier alpha value is -2.81. The van der Waals surface area contributed by atoms with Crippen LogP contribution in [0, 0.1) is 0 Å². The van der Waals surface area contributed by atoms with Crippen molar-refractivity contribution in [2.45, 2.75) is 12.2 Å². The molecule has 0 radical (unpaired) electrons. The van der Waals surface area contributed by atoms with Crippen molar-refractivity contribution in [2.75, 3.05) is 0 Å². The lowest BCUT2D eigenvalue weighted by Gasteiger charge is -2.21. The Morgan fingerprint density at radius 3 is 2.64 bits per heavy atom. The number of benzene rings is 3. The van der Waals surface area contributed by atoms with Crippen LogP contribution >= 0.6 is 0 Å². The van der Waals surface area contributed by atoms with E-state index in [4.69, 9.17) is 9.47 Å². The van der Waals surface area contributed by atoms with Crippen molar-refractivity contribution in [2.24, 2.45) is 0 Å². The molecule has 0 aromatic heterocycles. The van der Waals surface area contributed by atoms with E-state index in [2.05, 4.69) is 36.4 Å². The maximum absolute atomic E-state index is 11.4. The zero-order chi connectivity index (χ0) is 14.7. The molecule has 3 heteroatoms. The molecule has 3 aromatic carbocycles. The fraction of sp³-hybridized carbons (Fsp3) is 0.105. The summed E-state index contributed by atoms with van der Waals surface area (Å²) in [5, 5.41) is 4.85. The van der Waals surface area contributed by atoms with Gasteiger partial charge in [-0.05, 0) is 33.2 Å². The Morgan fingerprint density at radius 2 is 1.68 bits per heavy atom. The van der Waals surface area contributed by atoms with Gasteiger partial charge >= 0.3 is 6.16 Å². The fourth-order valence-electron chi connectivity index (χ4n) is 3.51. The van der Waals surface area contributed by atoms with E-state index in [9.17, 15) is 4.79 Å². The average molecular weight is 288 g/mol. The van der Waals surface area contributed by atoms with Crippen molar-refractivity contribution in [1.29, 1.82) is 0 Å². The van der Waals surface area contributed by atoms with Crippen molar-refractivity contribution in [3.05, 3.63) is 65.7 Å². The summed E-state index contributed by atoms with van der Waals surface area (Å²) in [6, 6.07) is 16.8. The van der Waals surface area contributed by atoms with Crippen LogP contribution in [-0.4, -0.2) is 12.3 Å². The van der Waals surface area contributed by atoms with Gasteiger partial charge in [-0.15, -0.1) is 0 Å². The van der Waals surface area contributed by atoms with Crippen LogP contribution in [0.15, 0.2) is 54.6 Å². The molecule has 2 atom stereocenters. The van der Waals surface area contributed by atoms with Crippen LogP contribution in [0.2, 0.25) is 0 Å². The number of ether oxygens (including phenoxy) is 2. The van der Waals surface area contributed by atoms with Gasteiger partial charge < -0.3 is 9.47 Å². The summed E-state index contributed by atoms with van der Waals surface area (Å²) < 4.78 is 10.5. The van der Waals surface area contributed by atoms with Gasteiger partial charge in [-0.25, -0.2) is 4.79 Å². The highest BCUT2D eigenvalue weighted by Crippen LogP contribution is 2.41. The number of hydrogen-bond acceptors (Lipinski definition) is 3. The van der Waals surface area contributed by atoms with Gasteiger partial charge in [0.1, 0.15) is 0 Å². The number of fused-ring (bicyclic) bond motifs is 7. The van der Waals surface area contributed by atoms with Gasteiger partial charge in [-0.3, -0.25) is 0 Å². The van der Waals surface area contributed by atoms with Gasteiger partial charge in [0.25, 0.3) is 0 Å². The van der Waals surface area contributed by atoms with Crippen molar-refractivity contribution in [1.82, 2.24) is 0 Å². The molecule has 1 fully saturated rings. The summed E-state index contributed by atoms with van der Waals surface area (Å²) in [4.78, 5) is 11.4. The van der Waals surface area contributed by atoms with Gasteiger partial charge in [-0.2, -0.15) is 0 Å². The number of rotatable bonds is 0. The minimum Gasteiger partial charge on any atom is -0.422 e. The van der Waals surface area contributed by atoms with Crippen LogP contribution in [0.25, 0.3) is 27.6 Å². The van der Waals surface area contributed by atoms with Gasteiger partial charge in [0.2, 0.25) is 0 Å². The van der Waals surface area contributed by atoms with Crippen LogP contribution in [0.5, 0.6) is 0 Å². The van der Waals surface area contributed by atoms with Gasteiger partial charge in [-0.1, -0.05) is 54.6 Å². The normalized spacial score (nSPS) is 22.3. The first-order valence-corrected chi connectivity index (χ1v) is 7.31. The van der Waals surface area contributed by atoms with E-state index in [0.717, 1.165) is 11.1 Å². The molecule has 5 rings (SSSR count). The lowest BCUT2D eigenvalue weighted by Crippen LogP contribution is -2.16. The summed E-state index contributed by atoms with van der Waals surface area (Å²) in [6.07, 6.45) is 2.72. The fourth-order valence-corrected chi connectivity index (χ4v) is 3.51. The Kier molecular flexibility index (Phi) is 2.20. The summed E-state index contributed by atoms with van der Waals surface area (Å²) in [6.45, 7) is 0. The molecule has 3 nitrogen and oxygen atoms in total. The zero-order valence-corrected chi connectivity index (χ0v) is 11.7. The minimum absolute atomic E-state index is 0.307. The van der Waals surface area contributed by atoms with E-state index in [1.807, 2.05) is 24.3 Å². The van der Waals surface area contributed by atoms with Crippen molar-refractivity contribution in [3.8, 4) is 0 Å². The van der Waals surface area contributed by atoms with E-state index in [-0.39, 0.29) is 12.2 Å². The molecular formula is C19H12O3. The second-order valence-electron chi connectivity index (χ2n) is 5.68. The van der Waals surface area contributed by atoms with E-state index in [1.165, 1.54) is 21.5 Å². The molecule has 0 amide bonds. The summed E-state index contributed by atoms with van der Waals surface area (Å²) in [7, 11) is 0. The van der Waals surface area contributed by atoms with Crippen LogP contribution in [-0.2, 0) is 9.47 Å². The summed E-state index contributed by atoms with van der Waals surface area (Å²) in [5.74, 6) is 0. The molecule has 0 N–H and O–H groups in total. The van der Waals surface area contributed by atoms with Crippen molar-refractivity contribution in [3.63, 3.8) is 0 Å². The second kappa shape index (κ2) is 4.10. The lowest BCUT2D eigenvalue weighted by molar-refractivity contribution is 0.117. The molecule has 0 unspecified atom stereocenters. The quantitative estimate of drug-likeness (QED) is 0.448. The molecular weight excluding hydrogens is 276 g/mol. The molecule has 0 spiro atoms. The maximum Gasteiger partial charge on any atom is 0.509 e. The molecule has 1 saturated heterocycles. The van der Waals surface area contributed by atoms with E-state index in [1.54, 1.807) is 0 Å². The van der Waals surface area contributed by atoms with Gasteiger partial charge in [0, 0.05) is 5.56 Å². The van der Waals surface area contributed by atoms with E-state index < -0.39 is 6.16 Å². The standard InChI is InChI=1S/C19H12O3/c20-19-21-17-10-9-15-14-6-5-11-3-1-2-4-12(11)13(14)7-8-16(15)18(17)22-19/h1-10,17-18H/t17-,18+/m0/s1. The van der Waals surface area contributed by atoms with Crippen LogP contribution < -0.4 is 0 Å². The predicted molar refractivity (Wildman–Crippen MR) is 84.6 cm³/mol. The average Bonchev–Trinajstić information content (AvgIpc) is 2.94. The Bertz CT molecular complexity index is 971. The van der Waals surface area contributed by atoms with Crippen molar-refractivity contribution >= 4 is 33.8 Å². The molecule has 0 bridgehead atoms. The highest BCUT2D eigenvalue weighted by molar-refractivity contribution is 6.10.